The highest BCUT2D eigenvalue weighted by molar-refractivity contribution is 4.98. The Labute approximate surface area is 116 Å². The summed E-state index contributed by atoms with van der Waals surface area (Å²) in [6, 6.07) is 0.706. The van der Waals surface area contributed by atoms with Crippen LogP contribution in [0.4, 0.5) is 0 Å². The van der Waals surface area contributed by atoms with Crippen LogP contribution in [0.1, 0.15) is 44.9 Å². The van der Waals surface area contributed by atoms with Gasteiger partial charge < -0.3 is 9.88 Å². The van der Waals surface area contributed by atoms with Crippen LogP contribution in [-0.4, -0.2) is 22.1 Å². The number of nitrogens with zero attached hydrogens (tertiary/aromatic N) is 2. The second-order valence-corrected chi connectivity index (χ2v) is 6.50. The number of imidazole rings is 1. The molecule has 1 N–H and O–H groups in total. The van der Waals surface area contributed by atoms with Crippen LogP contribution in [-0.2, 0) is 13.5 Å². The van der Waals surface area contributed by atoms with E-state index in [2.05, 4.69) is 35.0 Å². The van der Waals surface area contributed by atoms with Gasteiger partial charge in [-0.25, -0.2) is 4.98 Å². The molecule has 2 aliphatic carbocycles. The monoisotopic (exact) mass is 261 g/mol. The highest BCUT2D eigenvalue weighted by Crippen LogP contribution is 2.50. The van der Waals surface area contributed by atoms with Crippen molar-refractivity contribution in [2.45, 2.75) is 51.5 Å². The van der Waals surface area contributed by atoms with E-state index < -0.39 is 0 Å². The molecule has 19 heavy (non-hydrogen) atoms. The molecule has 3 nitrogen and oxygen atoms in total. The Morgan fingerprint density at radius 3 is 2.89 bits per heavy atom. The third-order valence-corrected chi connectivity index (χ3v) is 5.38. The van der Waals surface area contributed by atoms with Gasteiger partial charge in [0.2, 0.25) is 0 Å². The zero-order chi connectivity index (χ0) is 13.2. The van der Waals surface area contributed by atoms with Crippen LogP contribution in [0, 0.1) is 17.8 Å². The summed E-state index contributed by atoms with van der Waals surface area (Å²) in [5, 5.41) is 3.75. The third kappa shape index (κ3) is 2.71. The molecule has 1 aromatic heterocycles. The Morgan fingerprint density at radius 2 is 2.32 bits per heavy atom. The molecule has 1 aromatic rings. The molecular formula is C16H27N3. The van der Waals surface area contributed by atoms with Crippen LogP contribution in [0.15, 0.2) is 12.4 Å². The van der Waals surface area contributed by atoms with Gasteiger partial charge in [0, 0.05) is 31.9 Å². The van der Waals surface area contributed by atoms with E-state index in [1.807, 2.05) is 6.20 Å². The zero-order valence-electron chi connectivity index (χ0n) is 12.3. The number of aryl methyl sites for hydroxylation is 2. The first-order valence-electron chi connectivity index (χ1n) is 7.97. The number of fused-ring (bicyclic) bond motifs is 2. The normalized spacial score (nSPS) is 30.9. The number of hydrogen-bond donors (Lipinski definition) is 1. The van der Waals surface area contributed by atoms with Crippen LogP contribution < -0.4 is 5.32 Å². The summed E-state index contributed by atoms with van der Waals surface area (Å²) in [6.07, 6.45) is 12.3. The number of hydrogen-bond acceptors (Lipinski definition) is 2. The van der Waals surface area contributed by atoms with Crippen LogP contribution in [0.3, 0.4) is 0 Å². The lowest BCUT2D eigenvalue weighted by molar-refractivity contribution is 0.240. The third-order valence-electron chi connectivity index (χ3n) is 5.38. The maximum Gasteiger partial charge on any atom is 0.108 e. The summed E-state index contributed by atoms with van der Waals surface area (Å²) in [5.41, 5.74) is 0. The van der Waals surface area contributed by atoms with Crippen molar-refractivity contribution in [3.8, 4) is 0 Å². The molecule has 1 heterocycles. The van der Waals surface area contributed by atoms with Crippen molar-refractivity contribution in [2.24, 2.45) is 24.8 Å². The molecule has 3 heteroatoms. The van der Waals surface area contributed by atoms with Gasteiger partial charge in [-0.1, -0.05) is 13.3 Å². The SMILES string of the molecule is CCNC(CCc1nccn1C)C1CC2CCC1C2. The number of aromatic nitrogens is 2. The minimum absolute atomic E-state index is 0.706. The van der Waals surface area contributed by atoms with E-state index in [0.717, 1.165) is 30.7 Å². The second-order valence-electron chi connectivity index (χ2n) is 6.50. The topological polar surface area (TPSA) is 29.9 Å². The van der Waals surface area contributed by atoms with Gasteiger partial charge >= 0.3 is 0 Å². The quantitative estimate of drug-likeness (QED) is 0.853. The Hall–Kier alpha value is -0.830. The highest BCUT2D eigenvalue weighted by Gasteiger charge is 2.42. The van der Waals surface area contributed by atoms with E-state index in [1.54, 1.807) is 0 Å². The summed E-state index contributed by atoms with van der Waals surface area (Å²) < 4.78 is 2.16. The standard InChI is InChI=1S/C16H27N3/c1-3-17-15(6-7-16-18-8-9-19(16)2)14-11-12-4-5-13(14)10-12/h8-9,12-15,17H,3-7,10-11H2,1-2H3. The van der Waals surface area contributed by atoms with Crippen molar-refractivity contribution in [1.82, 2.24) is 14.9 Å². The Morgan fingerprint density at radius 1 is 1.42 bits per heavy atom. The molecule has 2 aliphatic rings. The fourth-order valence-electron chi connectivity index (χ4n) is 4.44. The first-order valence-corrected chi connectivity index (χ1v) is 7.97. The maximum atomic E-state index is 4.46. The molecule has 0 aliphatic heterocycles. The van der Waals surface area contributed by atoms with Crippen LogP contribution in [0.2, 0.25) is 0 Å². The van der Waals surface area contributed by atoms with Crippen molar-refractivity contribution < 1.29 is 0 Å². The summed E-state index contributed by atoms with van der Waals surface area (Å²) >= 11 is 0. The maximum absolute atomic E-state index is 4.46. The van der Waals surface area contributed by atoms with E-state index >= 15 is 0 Å². The molecule has 0 spiro atoms. The molecule has 2 saturated carbocycles. The largest absolute Gasteiger partial charge is 0.338 e. The lowest BCUT2D eigenvalue weighted by Gasteiger charge is -2.31. The van der Waals surface area contributed by atoms with E-state index in [0.29, 0.717) is 6.04 Å². The Kier molecular flexibility index (Phi) is 3.92. The van der Waals surface area contributed by atoms with Gasteiger partial charge in [-0.05, 0) is 50.0 Å². The summed E-state index contributed by atoms with van der Waals surface area (Å²) in [6.45, 7) is 3.33. The molecule has 2 bridgehead atoms. The smallest absolute Gasteiger partial charge is 0.108 e. The van der Waals surface area contributed by atoms with Gasteiger partial charge in [0.05, 0.1) is 0 Å². The fourth-order valence-corrected chi connectivity index (χ4v) is 4.44. The molecule has 0 radical (unpaired) electrons. The van der Waals surface area contributed by atoms with Gasteiger partial charge in [0.25, 0.3) is 0 Å². The Balaban J connectivity index is 1.60. The fraction of sp³-hybridized carbons (Fsp3) is 0.812. The van der Waals surface area contributed by atoms with Crippen LogP contribution in [0.5, 0.6) is 0 Å². The summed E-state index contributed by atoms with van der Waals surface area (Å²) in [4.78, 5) is 4.46. The van der Waals surface area contributed by atoms with Gasteiger partial charge in [-0.15, -0.1) is 0 Å². The lowest BCUT2D eigenvalue weighted by atomic mass is 9.81. The van der Waals surface area contributed by atoms with E-state index in [4.69, 9.17) is 0 Å². The lowest BCUT2D eigenvalue weighted by Crippen LogP contribution is -2.39. The minimum atomic E-state index is 0.706. The molecule has 4 unspecified atom stereocenters. The van der Waals surface area contributed by atoms with Gasteiger partial charge in [-0.2, -0.15) is 0 Å². The van der Waals surface area contributed by atoms with Gasteiger partial charge in [0.15, 0.2) is 0 Å². The zero-order valence-corrected chi connectivity index (χ0v) is 12.3. The van der Waals surface area contributed by atoms with Crippen molar-refractivity contribution in [1.29, 1.82) is 0 Å². The molecular weight excluding hydrogens is 234 g/mol. The first kappa shape index (κ1) is 13.2. The minimum Gasteiger partial charge on any atom is -0.338 e. The van der Waals surface area contributed by atoms with E-state index in [-0.39, 0.29) is 0 Å². The molecule has 0 saturated heterocycles. The molecule has 4 atom stereocenters. The van der Waals surface area contributed by atoms with Crippen LogP contribution >= 0.6 is 0 Å². The van der Waals surface area contributed by atoms with E-state index in [1.165, 1.54) is 37.9 Å². The van der Waals surface area contributed by atoms with E-state index in [9.17, 15) is 0 Å². The average Bonchev–Trinajstić information content (AvgIpc) is 3.11. The first-order chi connectivity index (χ1) is 9.28. The predicted molar refractivity (Wildman–Crippen MR) is 77.9 cm³/mol. The molecule has 3 rings (SSSR count). The molecule has 0 aromatic carbocycles. The van der Waals surface area contributed by atoms with Crippen molar-refractivity contribution in [2.75, 3.05) is 6.54 Å². The number of rotatable bonds is 6. The molecule has 2 fully saturated rings. The van der Waals surface area contributed by atoms with Crippen molar-refractivity contribution in [3.05, 3.63) is 18.2 Å². The second kappa shape index (κ2) is 5.66. The highest BCUT2D eigenvalue weighted by atomic mass is 15.0. The van der Waals surface area contributed by atoms with Crippen molar-refractivity contribution >= 4 is 0 Å². The molecule has 0 amide bonds. The Bertz CT molecular complexity index is 412. The van der Waals surface area contributed by atoms with Gasteiger partial charge in [-0.3, -0.25) is 0 Å². The van der Waals surface area contributed by atoms with Crippen LogP contribution in [0.25, 0.3) is 0 Å². The molecule has 106 valence electrons. The van der Waals surface area contributed by atoms with Crippen molar-refractivity contribution in [3.63, 3.8) is 0 Å². The predicted octanol–water partition coefficient (Wildman–Crippen LogP) is 2.77. The summed E-state index contributed by atoms with van der Waals surface area (Å²) in [7, 11) is 2.10. The average molecular weight is 261 g/mol. The van der Waals surface area contributed by atoms with Gasteiger partial charge in [0.1, 0.15) is 5.82 Å². The number of nitrogens with one attached hydrogen (secondary N) is 1. The summed E-state index contributed by atoms with van der Waals surface area (Å²) in [5.74, 6) is 4.21.